The van der Waals surface area contributed by atoms with E-state index in [0.29, 0.717) is 0 Å². The lowest BCUT2D eigenvalue weighted by atomic mass is 9.82. The monoisotopic (exact) mass is 749 g/mol. The lowest BCUT2D eigenvalue weighted by Crippen LogP contribution is -2.46. The van der Waals surface area contributed by atoms with Crippen LogP contribution in [0.4, 0.5) is 0 Å². The molecule has 0 radical (unpaired) electrons. The molecule has 0 aliphatic carbocycles. The Morgan fingerprint density at radius 1 is 0.434 bits per heavy atom. The second-order valence-electron chi connectivity index (χ2n) is 18.3. The highest BCUT2D eigenvalue weighted by molar-refractivity contribution is 5.83. The summed E-state index contributed by atoms with van der Waals surface area (Å²) < 4.78 is 24.8. The molecular weight excluding hydrogens is 676 g/mol. The van der Waals surface area contributed by atoms with E-state index in [-0.39, 0.29) is 42.9 Å². The zero-order valence-electron chi connectivity index (χ0n) is 34.2. The van der Waals surface area contributed by atoms with Crippen molar-refractivity contribution in [1.29, 1.82) is 0 Å². The van der Waals surface area contributed by atoms with Crippen LogP contribution in [0.2, 0.25) is 0 Å². The molecule has 0 aromatic carbocycles. The molecule has 2 atom stereocenters. The standard InChI is InChI=1S/C41H72N4O8/c1-38(2,30-9-17-42-18-10-30)50-34(46)26-28(36(48)52-40(5,6)32-13-21-44-22-14-32)25-29(37(49)53-41(7,8)33-15-23-45-24-16-33)27-35(47)51-39(3,4)31-11-19-43-20-12-31/h28-33,42-45H,9-27H2,1-8H3. The number of hydrogen-bond donors (Lipinski definition) is 4. The van der Waals surface area contributed by atoms with Gasteiger partial charge in [-0.1, -0.05) is 0 Å². The van der Waals surface area contributed by atoms with E-state index in [1.807, 2.05) is 55.4 Å². The van der Waals surface area contributed by atoms with Crippen molar-refractivity contribution < 1.29 is 38.1 Å². The normalized spacial score (nSPS) is 22.0. The van der Waals surface area contributed by atoms with E-state index in [2.05, 4.69) is 21.3 Å². The zero-order valence-corrected chi connectivity index (χ0v) is 34.2. The predicted molar refractivity (Wildman–Crippen MR) is 204 cm³/mol. The number of piperidine rings is 4. The van der Waals surface area contributed by atoms with Crippen LogP contribution in [-0.4, -0.2) is 98.6 Å². The Kier molecular flexibility index (Phi) is 15.6. The zero-order chi connectivity index (χ0) is 38.9. The summed E-state index contributed by atoms with van der Waals surface area (Å²) in [6.07, 6.45) is 6.31. The molecule has 0 aromatic heterocycles. The van der Waals surface area contributed by atoms with Crippen molar-refractivity contribution in [2.24, 2.45) is 35.5 Å². The van der Waals surface area contributed by atoms with Gasteiger partial charge in [-0.05, 0) is 166 Å². The second kappa shape index (κ2) is 19.0. The van der Waals surface area contributed by atoms with Crippen LogP contribution in [0.3, 0.4) is 0 Å². The van der Waals surface area contributed by atoms with Crippen molar-refractivity contribution in [3.8, 4) is 0 Å². The fourth-order valence-corrected chi connectivity index (χ4v) is 9.03. The lowest BCUT2D eigenvalue weighted by Gasteiger charge is -2.39. The first kappa shape index (κ1) is 43.4. The lowest BCUT2D eigenvalue weighted by molar-refractivity contribution is -0.180. The van der Waals surface area contributed by atoms with Gasteiger partial charge in [0, 0.05) is 23.7 Å². The third-order valence-corrected chi connectivity index (χ3v) is 12.8. The fraction of sp³-hybridized carbons (Fsp3) is 0.902. The van der Waals surface area contributed by atoms with E-state index in [1.54, 1.807) is 0 Å². The maximum Gasteiger partial charge on any atom is 0.310 e. The number of carbonyl (C=O) groups excluding carboxylic acids is 4. The van der Waals surface area contributed by atoms with E-state index >= 15 is 0 Å². The Hall–Kier alpha value is -2.28. The smallest absolute Gasteiger partial charge is 0.310 e. The molecule has 4 heterocycles. The molecule has 4 fully saturated rings. The fourth-order valence-electron chi connectivity index (χ4n) is 9.03. The minimum Gasteiger partial charge on any atom is -0.459 e. The first-order chi connectivity index (χ1) is 24.9. The number of rotatable bonds is 16. The summed E-state index contributed by atoms with van der Waals surface area (Å²) in [5, 5.41) is 13.5. The van der Waals surface area contributed by atoms with Gasteiger partial charge in [0.1, 0.15) is 22.4 Å². The van der Waals surface area contributed by atoms with E-state index in [0.717, 1.165) is 104 Å². The van der Waals surface area contributed by atoms with Crippen molar-refractivity contribution >= 4 is 23.9 Å². The SMILES string of the molecule is CC(C)(OC(=O)CC(CC(CC(=O)OC(C)(C)C1CCNCC1)C(=O)OC(C)(C)C1CCNCC1)C(=O)OC(C)(C)C1CCNCC1)C1CCNCC1. The number of ether oxygens (including phenoxy) is 4. The number of carbonyl (C=O) groups is 4. The first-order valence-electron chi connectivity index (χ1n) is 20.6. The summed E-state index contributed by atoms with van der Waals surface area (Å²) in [5.41, 5.74) is -3.05. The summed E-state index contributed by atoms with van der Waals surface area (Å²) in [5.74, 6) is -3.61. The number of hydrogen-bond acceptors (Lipinski definition) is 12. The van der Waals surface area contributed by atoms with Crippen LogP contribution >= 0.6 is 0 Å². The summed E-state index contributed by atoms with van der Waals surface area (Å²) in [7, 11) is 0. The van der Waals surface area contributed by atoms with Gasteiger partial charge in [0.05, 0.1) is 24.7 Å². The molecule has 0 saturated carbocycles. The van der Waals surface area contributed by atoms with E-state index in [4.69, 9.17) is 18.9 Å². The highest BCUT2D eigenvalue weighted by Gasteiger charge is 2.43. The summed E-state index contributed by atoms with van der Waals surface area (Å²) >= 11 is 0. The average Bonchev–Trinajstić information content (AvgIpc) is 3.11. The van der Waals surface area contributed by atoms with Crippen molar-refractivity contribution in [2.45, 2.75) is 148 Å². The van der Waals surface area contributed by atoms with Crippen molar-refractivity contribution in [3.63, 3.8) is 0 Å². The Balaban J connectivity index is 1.58. The van der Waals surface area contributed by atoms with E-state index < -0.39 is 58.1 Å². The topological polar surface area (TPSA) is 153 Å². The van der Waals surface area contributed by atoms with Crippen LogP contribution in [0, 0.1) is 35.5 Å². The Morgan fingerprint density at radius 2 is 0.660 bits per heavy atom. The molecule has 2 unspecified atom stereocenters. The van der Waals surface area contributed by atoms with Crippen molar-refractivity contribution in [1.82, 2.24) is 21.3 Å². The molecule has 304 valence electrons. The molecule has 4 aliphatic rings. The third kappa shape index (κ3) is 12.9. The van der Waals surface area contributed by atoms with Gasteiger partial charge in [0.2, 0.25) is 0 Å². The van der Waals surface area contributed by atoms with Crippen molar-refractivity contribution in [2.75, 3.05) is 52.4 Å². The van der Waals surface area contributed by atoms with Crippen LogP contribution in [0.15, 0.2) is 0 Å². The van der Waals surface area contributed by atoms with Gasteiger partial charge in [-0.2, -0.15) is 0 Å². The molecule has 4 rings (SSSR count). The van der Waals surface area contributed by atoms with E-state index in [1.165, 1.54) is 0 Å². The molecule has 0 aromatic rings. The van der Waals surface area contributed by atoms with Crippen LogP contribution in [-0.2, 0) is 38.1 Å². The molecule has 53 heavy (non-hydrogen) atoms. The second-order valence-corrected chi connectivity index (χ2v) is 18.3. The molecule has 4 saturated heterocycles. The maximum atomic E-state index is 14.3. The third-order valence-electron chi connectivity index (χ3n) is 12.8. The molecule has 12 nitrogen and oxygen atoms in total. The number of esters is 4. The quantitative estimate of drug-likeness (QED) is 0.128. The minimum atomic E-state index is -1.03. The van der Waals surface area contributed by atoms with Gasteiger partial charge in [-0.25, -0.2) is 0 Å². The molecule has 12 heteroatoms. The minimum absolute atomic E-state index is 0.103. The highest BCUT2D eigenvalue weighted by Crippen LogP contribution is 2.36. The Morgan fingerprint density at radius 3 is 0.906 bits per heavy atom. The van der Waals surface area contributed by atoms with Gasteiger partial charge in [-0.15, -0.1) is 0 Å². The Bertz CT molecular complexity index is 1120. The summed E-state index contributed by atoms with van der Waals surface area (Å²) in [4.78, 5) is 56.1. The van der Waals surface area contributed by atoms with Gasteiger partial charge >= 0.3 is 23.9 Å². The van der Waals surface area contributed by atoms with Gasteiger partial charge < -0.3 is 40.2 Å². The molecule has 4 N–H and O–H groups in total. The summed E-state index contributed by atoms with van der Waals surface area (Å²) in [6.45, 7) is 22.2. The molecule has 0 spiro atoms. The van der Waals surface area contributed by atoms with Crippen LogP contribution in [0.1, 0.15) is 126 Å². The van der Waals surface area contributed by atoms with Gasteiger partial charge in [-0.3, -0.25) is 19.2 Å². The first-order valence-corrected chi connectivity index (χ1v) is 20.6. The van der Waals surface area contributed by atoms with Crippen LogP contribution < -0.4 is 21.3 Å². The Labute approximate surface area is 319 Å². The predicted octanol–water partition coefficient (Wildman–Crippen LogP) is 4.67. The van der Waals surface area contributed by atoms with Crippen LogP contribution in [0.5, 0.6) is 0 Å². The average molecular weight is 749 g/mol. The van der Waals surface area contributed by atoms with Crippen molar-refractivity contribution in [3.05, 3.63) is 0 Å². The molecular formula is C41H72N4O8. The van der Waals surface area contributed by atoms with E-state index in [9.17, 15) is 19.2 Å². The molecule has 0 bridgehead atoms. The molecule has 0 amide bonds. The molecule has 4 aliphatic heterocycles. The van der Waals surface area contributed by atoms with Crippen LogP contribution in [0.25, 0.3) is 0 Å². The largest absolute Gasteiger partial charge is 0.459 e. The maximum absolute atomic E-state index is 14.3. The van der Waals surface area contributed by atoms with Gasteiger partial charge in [0.15, 0.2) is 0 Å². The number of nitrogens with one attached hydrogen (secondary N) is 4. The summed E-state index contributed by atoms with van der Waals surface area (Å²) in [6, 6.07) is 0. The highest BCUT2D eigenvalue weighted by atomic mass is 16.6. The van der Waals surface area contributed by atoms with Gasteiger partial charge in [0.25, 0.3) is 0 Å².